The summed E-state index contributed by atoms with van der Waals surface area (Å²) >= 11 is 0. The molecule has 124 valence electrons. The molecule has 21 heavy (non-hydrogen) atoms. The van der Waals surface area contributed by atoms with E-state index in [9.17, 15) is 0 Å². The third kappa shape index (κ3) is 3.62. The van der Waals surface area contributed by atoms with E-state index in [0.29, 0.717) is 18.0 Å². The number of nitrogens with two attached hydrogens (primary N) is 1. The van der Waals surface area contributed by atoms with E-state index in [2.05, 4.69) is 44.4 Å². The summed E-state index contributed by atoms with van der Waals surface area (Å²) in [6.07, 6.45) is 6.54. The Balaban J connectivity index is 2.21. The second-order valence-corrected chi connectivity index (χ2v) is 7.90. The molecule has 2 unspecified atom stereocenters. The monoisotopic (exact) mass is 295 g/mol. The first-order valence-electron chi connectivity index (χ1n) is 9.20. The molecule has 1 aliphatic carbocycles. The lowest BCUT2D eigenvalue weighted by molar-refractivity contribution is 0.0364. The lowest BCUT2D eigenvalue weighted by Gasteiger charge is -2.46. The number of hydrogen-bond donors (Lipinski definition) is 1. The Hall–Kier alpha value is -0.120. The molecule has 0 amide bonds. The van der Waals surface area contributed by atoms with E-state index < -0.39 is 0 Å². The van der Waals surface area contributed by atoms with Crippen molar-refractivity contribution in [1.82, 2.24) is 9.80 Å². The fourth-order valence-corrected chi connectivity index (χ4v) is 4.45. The molecule has 1 saturated carbocycles. The third-order valence-electron chi connectivity index (χ3n) is 5.67. The quantitative estimate of drug-likeness (QED) is 0.747. The van der Waals surface area contributed by atoms with Crippen molar-refractivity contribution in [2.24, 2.45) is 11.7 Å². The average Bonchev–Trinajstić information content (AvgIpc) is 3.23. The molecule has 2 N–H and O–H groups in total. The van der Waals surface area contributed by atoms with Gasteiger partial charge in [-0.2, -0.15) is 0 Å². The molecule has 2 aliphatic rings. The number of likely N-dealkylation sites (tertiary alicyclic amines) is 1. The van der Waals surface area contributed by atoms with Crippen LogP contribution in [0.4, 0.5) is 0 Å². The molecule has 1 saturated heterocycles. The molecule has 0 radical (unpaired) electrons. The van der Waals surface area contributed by atoms with E-state index >= 15 is 0 Å². The molecule has 0 aromatic carbocycles. The van der Waals surface area contributed by atoms with Crippen molar-refractivity contribution in [3.05, 3.63) is 0 Å². The van der Waals surface area contributed by atoms with Gasteiger partial charge in [0.2, 0.25) is 0 Å². The average molecular weight is 296 g/mol. The summed E-state index contributed by atoms with van der Waals surface area (Å²) in [6, 6.07) is 2.24. The van der Waals surface area contributed by atoms with Crippen molar-refractivity contribution in [1.29, 1.82) is 0 Å². The standard InChI is InChI=1S/C18H37N3/c1-6-16(7-2)21(11-14(3)4)18(12-19)10-15(5)20(13-18)17-8-9-17/h14-17H,6-13,19H2,1-5H3. The van der Waals surface area contributed by atoms with E-state index in [1.807, 2.05) is 0 Å². The van der Waals surface area contributed by atoms with E-state index in [4.69, 9.17) is 5.73 Å². The summed E-state index contributed by atoms with van der Waals surface area (Å²) in [5.74, 6) is 0.708. The van der Waals surface area contributed by atoms with Gasteiger partial charge in [0.1, 0.15) is 0 Å². The minimum Gasteiger partial charge on any atom is -0.329 e. The van der Waals surface area contributed by atoms with E-state index in [0.717, 1.165) is 12.6 Å². The second kappa shape index (κ2) is 6.97. The molecule has 0 spiro atoms. The van der Waals surface area contributed by atoms with Crippen molar-refractivity contribution in [3.63, 3.8) is 0 Å². The molecule has 0 bridgehead atoms. The van der Waals surface area contributed by atoms with Gasteiger partial charge in [-0.1, -0.05) is 27.7 Å². The SMILES string of the molecule is CCC(CC)N(CC(C)C)C1(CN)CC(C)N(C2CC2)C1. The van der Waals surface area contributed by atoms with Crippen LogP contribution >= 0.6 is 0 Å². The maximum Gasteiger partial charge on any atom is 0.0476 e. The molecule has 3 nitrogen and oxygen atoms in total. The summed E-state index contributed by atoms with van der Waals surface area (Å²) < 4.78 is 0. The van der Waals surface area contributed by atoms with Gasteiger partial charge in [0.15, 0.2) is 0 Å². The van der Waals surface area contributed by atoms with Gasteiger partial charge in [0, 0.05) is 43.3 Å². The molecule has 2 rings (SSSR count). The number of hydrogen-bond acceptors (Lipinski definition) is 3. The zero-order valence-electron chi connectivity index (χ0n) is 14.9. The topological polar surface area (TPSA) is 32.5 Å². The minimum atomic E-state index is 0.211. The summed E-state index contributed by atoms with van der Waals surface area (Å²) in [6.45, 7) is 15.0. The highest BCUT2D eigenvalue weighted by Gasteiger charge is 2.50. The summed E-state index contributed by atoms with van der Waals surface area (Å²) in [7, 11) is 0. The van der Waals surface area contributed by atoms with Crippen LogP contribution in [0.5, 0.6) is 0 Å². The minimum absolute atomic E-state index is 0.211. The van der Waals surface area contributed by atoms with Crippen molar-refractivity contribution in [2.75, 3.05) is 19.6 Å². The fraction of sp³-hybridized carbons (Fsp3) is 1.00. The first-order chi connectivity index (χ1) is 9.97. The highest BCUT2D eigenvalue weighted by molar-refractivity contribution is 5.08. The van der Waals surface area contributed by atoms with Crippen LogP contribution in [0.2, 0.25) is 0 Å². The first-order valence-corrected chi connectivity index (χ1v) is 9.20. The lowest BCUT2D eigenvalue weighted by Crippen LogP contribution is -2.60. The van der Waals surface area contributed by atoms with Crippen LogP contribution in [-0.2, 0) is 0 Å². The Labute approximate surface area is 132 Å². The van der Waals surface area contributed by atoms with Gasteiger partial charge in [-0.15, -0.1) is 0 Å². The Bertz CT molecular complexity index is 322. The highest BCUT2D eigenvalue weighted by Crippen LogP contribution is 2.41. The van der Waals surface area contributed by atoms with Crippen molar-refractivity contribution >= 4 is 0 Å². The summed E-state index contributed by atoms with van der Waals surface area (Å²) in [4.78, 5) is 5.55. The second-order valence-electron chi connectivity index (χ2n) is 7.90. The normalized spacial score (nSPS) is 31.0. The van der Waals surface area contributed by atoms with E-state index in [1.165, 1.54) is 45.2 Å². The molecule has 2 atom stereocenters. The zero-order chi connectivity index (χ0) is 15.6. The van der Waals surface area contributed by atoms with Gasteiger partial charge in [0.05, 0.1) is 0 Å². The number of nitrogens with zero attached hydrogens (tertiary/aromatic N) is 2. The van der Waals surface area contributed by atoms with Gasteiger partial charge in [-0.3, -0.25) is 9.80 Å². The van der Waals surface area contributed by atoms with Gasteiger partial charge in [0.25, 0.3) is 0 Å². The van der Waals surface area contributed by atoms with Crippen LogP contribution in [0.1, 0.15) is 66.7 Å². The predicted octanol–water partition coefficient (Wildman–Crippen LogP) is 3.09. The maximum atomic E-state index is 6.37. The molecular formula is C18H37N3. The molecule has 1 aliphatic heterocycles. The van der Waals surface area contributed by atoms with Crippen molar-refractivity contribution in [3.8, 4) is 0 Å². The lowest BCUT2D eigenvalue weighted by atomic mass is 9.89. The van der Waals surface area contributed by atoms with Gasteiger partial charge >= 0.3 is 0 Å². The van der Waals surface area contributed by atoms with Crippen LogP contribution in [-0.4, -0.2) is 53.1 Å². The Morgan fingerprint density at radius 3 is 2.29 bits per heavy atom. The van der Waals surface area contributed by atoms with Gasteiger partial charge in [-0.25, -0.2) is 0 Å². The summed E-state index contributed by atoms with van der Waals surface area (Å²) in [5.41, 5.74) is 6.58. The largest absolute Gasteiger partial charge is 0.329 e. The Kier molecular flexibility index (Phi) is 5.72. The van der Waals surface area contributed by atoms with E-state index in [1.54, 1.807) is 0 Å². The molecule has 0 aromatic heterocycles. The first kappa shape index (κ1) is 17.2. The molecule has 0 aromatic rings. The zero-order valence-corrected chi connectivity index (χ0v) is 14.9. The van der Waals surface area contributed by atoms with Gasteiger partial charge < -0.3 is 5.73 Å². The molecular weight excluding hydrogens is 258 g/mol. The van der Waals surface area contributed by atoms with Crippen LogP contribution in [0.3, 0.4) is 0 Å². The Morgan fingerprint density at radius 2 is 1.86 bits per heavy atom. The van der Waals surface area contributed by atoms with E-state index in [-0.39, 0.29) is 5.54 Å². The maximum absolute atomic E-state index is 6.37. The smallest absolute Gasteiger partial charge is 0.0476 e. The molecule has 3 heteroatoms. The number of rotatable bonds is 8. The van der Waals surface area contributed by atoms with Crippen LogP contribution in [0.25, 0.3) is 0 Å². The van der Waals surface area contributed by atoms with Crippen molar-refractivity contribution in [2.45, 2.75) is 90.4 Å². The molecule has 1 heterocycles. The van der Waals surface area contributed by atoms with Crippen molar-refractivity contribution < 1.29 is 0 Å². The van der Waals surface area contributed by atoms with Crippen LogP contribution in [0.15, 0.2) is 0 Å². The highest BCUT2D eigenvalue weighted by atomic mass is 15.3. The predicted molar refractivity (Wildman–Crippen MR) is 91.5 cm³/mol. The third-order valence-corrected chi connectivity index (χ3v) is 5.67. The fourth-order valence-electron chi connectivity index (χ4n) is 4.45. The molecule has 2 fully saturated rings. The van der Waals surface area contributed by atoms with Gasteiger partial charge in [-0.05, 0) is 44.9 Å². The van der Waals surface area contributed by atoms with Crippen LogP contribution in [0, 0.1) is 5.92 Å². The van der Waals surface area contributed by atoms with Crippen LogP contribution < -0.4 is 5.73 Å². The summed E-state index contributed by atoms with van der Waals surface area (Å²) in [5, 5.41) is 0. The Morgan fingerprint density at radius 1 is 1.24 bits per heavy atom.